The van der Waals surface area contributed by atoms with Gasteiger partial charge >= 0.3 is 0 Å². The van der Waals surface area contributed by atoms with Gasteiger partial charge in [0.15, 0.2) is 0 Å². The van der Waals surface area contributed by atoms with E-state index in [1.165, 1.54) is 4.88 Å². The summed E-state index contributed by atoms with van der Waals surface area (Å²) >= 11 is 1.75. The van der Waals surface area contributed by atoms with Crippen LogP contribution in [0.25, 0.3) is 0 Å². The number of hydrogen-bond acceptors (Lipinski definition) is 4. The number of aromatic nitrogens is 1. The summed E-state index contributed by atoms with van der Waals surface area (Å²) in [7, 11) is 3.67. The van der Waals surface area contributed by atoms with Crippen molar-refractivity contribution in [3.63, 3.8) is 0 Å². The maximum Gasteiger partial charge on any atom is 0.0951 e. The third kappa shape index (κ3) is 3.06. The molecule has 13 heavy (non-hydrogen) atoms. The molecule has 0 aliphatic heterocycles. The summed E-state index contributed by atoms with van der Waals surface area (Å²) in [6, 6.07) is 0.397. The molecular formula is C9H16N2OS. The lowest BCUT2D eigenvalue weighted by molar-refractivity contribution is 0.202. The summed E-state index contributed by atoms with van der Waals surface area (Å²) in [6.07, 6.45) is 2.86. The Morgan fingerprint density at radius 1 is 1.69 bits per heavy atom. The maximum atomic E-state index is 4.99. The van der Waals surface area contributed by atoms with Gasteiger partial charge in [-0.15, -0.1) is 11.3 Å². The van der Waals surface area contributed by atoms with E-state index in [1.54, 1.807) is 18.4 Å². The molecule has 0 saturated carbocycles. The van der Waals surface area contributed by atoms with Crippen LogP contribution in [-0.4, -0.2) is 25.7 Å². The fraction of sp³-hybridized carbons (Fsp3) is 0.667. The van der Waals surface area contributed by atoms with E-state index in [-0.39, 0.29) is 0 Å². The summed E-state index contributed by atoms with van der Waals surface area (Å²) in [5.74, 6) is 0. The highest BCUT2D eigenvalue weighted by molar-refractivity contribution is 7.11. The number of nitrogens with one attached hydrogen (secondary N) is 1. The lowest BCUT2D eigenvalue weighted by Crippen LogP contribution is -2.10. The minimum Gasteiger partial charge on any atom is -0.384 e. The van der Waals surface area contributed by atoms with Gasteiger partial charge in [-0.05, 0) is 14.0 Å². The number of rotatable bonds is 5. The van der Waals surface area contributed by atoms with Crippen LogP contribution in [0.2, 0.25) is 0 Å². The Morgan fingerprint density at radius 3 is 3.08 bits per heavy atom. The minimum absolute atomic E-state index is 0.397. The van der Waals surface area contributed by atoms with Crippen molar-refractivity contribution in [3.8, 4) is 0 Å². The zero-order valence-corrected chi connectivity index (χ0v) is 9.15. The first-order valence-electron chi connectivity index (χ1n) is 4.38. The molecule has 0 radical (unpaired) electrons. The molecule has 0 spiro atoms. The van der Waals surface area contributed by atoms with Crippen LogP contribution in [-0.2, 0) is 11.2 Å². The molecule has 0 amide bonds. The predicted molar refractivity (Wildman–Crippen MR) is 55.2 cm³/mol. The largest absolute Gasteiger partial charge is 0.384 e. The SMILES string of the molecule is CNC(C)c1cnc(CCOC)s1. The molecular weight excluding hydrogens is 184 g/mol. The standard InChI is InChI=1S/C9H16N2OS/c1-7(10-2)8-6-11-9(13-8)4-5-12-3/h6-7,10H,4-5H2,1-3H3. The average molecular weight is 200 g/mol. The van der Waals surface area contributed by atoms with Crippen LogP contribution in [0.4, 0.5) is 0 Å². The molecule has 0 aliphatic rings. The van der Waals surface area contributed by atoms with Crippen LogP contribution in [0.3, 0.4) is 0 Å². The van der Waals surface area contributed by atoms with E-state index in [0.717, 1.165) is 18.0 Å². The van der Waals surface area contributed by atoms with E-state index in [4.69, 9.17) is 4.74 Å². The second kappa shape index (κ2) is 5.32. The topological polar surface area (TPSA) is 34.2 Å². The second-order valence-corrected chi connectivity index (χ2v) is 4.06. The zero-order chi connectivity index (χ0) is 9.68. The molecule has 74 valence electrons. The molecule has 1 atom stereocenters. The maximum absolute atomic E-state index is 4.99. The number of methoxy groups -OCH3 is 1. The Morgan fingerprint density at radius 2 is 2.46 bits per heavy atom. The molecule has 1 unspecified atom stereocenters. The minimum atomic E-state index is 0.397. The van der Waals surface area contributed by atoms with Crippen molar-refractivity contribution in [2.45, 2.75) is 19.4 Å². The van der Waals surface area contributed by atoms with Crippen molar-refractivity contribution in [2.75, 3.05) is 20.8 Å². The molecule has 0 aliphatic carbocycles. The molecule has 4 heteroatoms. The Labute approximate surface area is 83.1 Å². The molecule has 1 aromatic heterocycles. The van der Waals surface area contributed by atoms with Gasteiger partial charge in [0.05, 0.1) is 11.6 Å². The van der Waals surface area contributed by atoms with Crippen molar-refractivity contribution < 1.29 is 4.74 Å². The van der Waals surface area contributed by atoms with Gasteiger partial charge in [0, 0.05) is 30.6 Å². The first-order chi connectivity index (χ1) is 6.27. The number of thiazole rings is 1. The Balaban J connectivity index is 2.53. The van der Waals surface area contributed by atoms with Gasteiger partial charge in [0.1, 0.15) is 0 Å². The zero-order valence-electron chi connectivity index (χ0n) is 8.33. The van der Waals surface area contributed by atoms with Crippen LogP contribution in [0.5, 0.6) is 0 Å². The highest BCUT2D eigenvalue weighted by atomic mass is 32.1. The van der Waals surface area contributed by atoms with Crippen molar-refractivity contribution >= 4 is 11.3 Å². The molecule has 1 aromatic rings. The quantitative estimate of drug-likeness (QED) is 0.784. The summed E-state index contributed by atoms with van der Waals surface area (Å²) < 4.78 is 4.99. The molecule has 0 saturated heterocycles. The number of ether oxygens (including phenoxy) is 1. The van der Waals surface area contributed by atoms with Gasteiger partial charge in [0.2, 0.25) is 0 Å². The van der Waals surface area contributed by atoms with E-state index >= 15 is 0 Å². The summed E-state index contributed by atoms with van der Waals surface area (Å²) in [5, 5.41) is 4.34. The van der Waals surface area contributed by atoms with Gasteiger partial charge in [-0.1, -0.05) is 0 Å². The molecule has 0 fully saturated rings. The van der Waals surface area contributed by atoms with Crippen molar-refractivity contribution in [3.05, 3.63) is 16.1 Å². The van der Waals surface area contributed by atoms with Gasteiger partial charge < -0.3 is 10.1 Å². The van der Waals surface area contributed by atoms with Crippen LogP contribution in [0.15, 0.2) is 6.20 Å². The number of nitrogens with zero attached hydrogens (tertiary/aromatic N) is 1. The summed E-state index contributed by atoms with van der Waals surface area (Å²) in [6.45, 7) is 2.88. The highest BCUT2D eigenvalue weighted by Gasteiger charge is 2.06. The Hall–Kier alpha value is -0.450. The van der Waals surface area contributed by atoms with Gasteiger partial charge in [-0.2, -0.15) is 0 Å². The molecule has 0 aromatic carbocycles. The van der Waals surface area contributed by atoms with E-state index in [0.29, 0.717) is 6.04 Å². The molecule has 1 rings (SSSR count). The smallest absolute Gasteiger partial charge is 0.0951 e. The van der Waals surface area contributed by atoms with Crippen LogP contribution >= 0.6 is 11.3 Å². The normalized spacial score (nSPS) is 13.2. The lowest BCUT2D eigenvalue weighted by atomic mass is 10.3. The van der Waals surface area contributed by atoms with E-state index in [1.807, 2.05) is 13.2 Å². The van der Waals surface area contributed by atoms with E-state index < -0.39 is 0 Å². The van der Waals surface area contributed by atoms with Crippen molar-refractivity contribution in [2.24, 2.45) is 0 Å². The Kier molecular flexibility index (Phi) is 4.35. The summed E-state index contributed by atoms with van der Waals surface area (Å²) in [5.41, 5.74) is 0. The Bertz CT molecular complexity index is 250. The summed E-state index contributed by atoms with van der Waals surface area (Å²) in [4.78, 5) is 5.61. The first kappa shape index (κ1) is 10.6. The van der Waals surface area contributed by atoms with Gasteiger partial charge in [0.25, 0.3) is 0 Å². The highest BCUT2D eigenvalue weighted by Crippen LogP contribution is 2.20. The monoisotopic (exact) mass is 200 g/mol. The number of hydrogen-bond donors (Lipinski definition) is 1. The average Bonchev–Trinajstić information content (AvgIpc) is 2.62. The first-order valence-corrected chi connectivity index (χ1v) is 5.20. The van der Waals surface area contributed by atoms with E-state index in [9.17, 15) is 0 Å². The fourth-order valence-electron chi connectivity index (χ4n) is 0.972. The van der Waals surface area contributed by atoms with Gasteiger partial charge in [-0.25, -0.2) is 4.98 Å². The lowest BCUT2D eigenvalue weighted by Gasteiger charge is -2.04. The molecule has 0 bridgehead atoms. The fourth-order valence-corrected chi connectivity index (χ4v) is 1.93. The molecule has 1 N–H and O–H groups in total. The molecule has 1 heterocycles. The van der Waals surface area contributed by atoms with Crippen molar-refractivity contribution in [1.29, 1.82) is 0 Å². The van der Waals surface area contributed by atoms with E-state index in [2.05, 4.69) is 17.2 Å². The van der Waals surface area contributed by atoms with Crippen molar-refractivity contribution in [1.82, 2.24) is 10.3 Å². The third-order valence-corrected chi connectivity index (χ3v) is 3.19. The predicted octanol–water partition coefficient (Wildman–Crippen LogP) is 1.61. The van der Waals surface area contributed by atoms with Crippen LogP contribution in [0.1, 0.15) is 22.9 Å². The molecule has 3 nitrogen and oxygen atoms in total. The van der Waals surface area contributed by atoms with Crippen LogP contribution < -0.4 is 5.32 Å². The van der Waals surface area contributed by atoms with Gasteiger partial charge in [-0.3, -0.25) is 0 Å². The third-order valence-electron chi connectivity index (χ3n) is 1.95. The van der Waals surface area contributed by atoms with Crippen LogP contribution in [0, 0.1) is 0 Å². The second-order valence-electron chi connectivity index (χ2n) is 2.91.